The van der Waals surface area contributed by atoms with Crippen LogP contribution in [-0.4, -0.2) is 27.5 Å². The van der Waals surface area contributed by atoms with E-state index in [1.807, 2.05) is 43.3 Å². The first-order valence-corrected chi connectivity index (χ1v) is 15.2. The van der Waals surface area contributed by atoms with Crippen LogP contribution in [0, 0.1) is 12.8 Å². The van der Waals surface area contributed by atoms with E-state index in [9.17, 15) is 19.2 Å². The van der Waals surface area contributed by atoms with Crippen LogP contribution < -0.4 is 15.1 Å². The van der Waals surface area contributed by atoms with Gasteiger partial charge in [-0.05, 0) is 61.0 Å². The summed E-state index contributed by atoms with van der Waals surface area (Å²) < 4.78 is 2.28. The molecule has 0 bridgehead atoms. The van der Waals surface area contributed by atoms with Crippen molar-refractivity contribution in [1.82, 2.24) is 4.57 Å². The largest absolute Gasteiger partial charge is 0.325 e. The molecule has 2 unspecified atom stereocenters. The van der Waals surface area contributed by atoms with Gasteiger partial charge in [0.2, 0.25) is 17.7 Å². The highest BCUT2D eigenvalue weighted by Gasteiger charge is 2.56. The fourth-order valence-corrected chi connectivity index (χ4v) is 8.27. The second kappa shape index (κ2) is 10.7. The van der Waals surface area contributed by atoms with E-state index in [2.05, 4.69) is 21.2 Å². The summed E-state index contributed by atoms with van der Waals surface area (Å²) in [5.74, 6) is -2.21. The molecule has 4 aromatic rings. The number of thiazole rings is 1. The van der Waals surface area contributed by atoms with Crippen LogP contribution in [0.25, 0.3) is 0 Å². The molecule has 1 aromatic heterocycles. The van der Waals surface area contributed by atoms with E-state index in [0.29, 0.717) is 26.3 Å². The third kappa shape index (κ3) is 4.83. The standard InChI is InChI=1S/C29H21BrClN3O4S2/c1-15-2-12-20(13-3-15)34-26(36)23-22(16-4-6-17(30)7-5-16)25-28(39-24(23)27(34)37)33(29(38)40-25)14-21(35)32-19-10-8-18(31)9-11-19/h2-13,22-24H,14H2,1H3,(H,32,35)/t22-,23?,24?/m1/s1. The van der Waals surface area contributed by atoms with Crippen molar-refractivity contribution in [3.63, 3.8) is 0 Å². The van der Waals surface area contributed by atoms with Crippen LogP contribution >= 0.6 is 50.6 Å². The van der Waals surface area contributed by atoms with Gasteiger partial charge >= 0.3 is 4.87 Å². The molecule has 0 saturated carbocycles. The van der Waals surface area contributed by atoms with Gasteiger partial charge in [0.15, 0.2) is 0 Å². The number of imide groups is 1. The molecule has 2 aliphatic heterocycles. The Morgan fingerprint density at radius 3 is 2.30 bits per heavy atom. The predicted molar refractivity (Wildman–Crippen MR) is 161 cm³/mol. The monoisotopic (exact) mass is 653 g/mol. The number of rotatable bonds is 5. The van der Waals surface area contributed by atoms with Crippen LogP contribution in [0.5, 0.6) is 0 Å². The van der Waals surface area contributed by atoms with Crippen LogP contribution in [0.15, 0.2) is 87.1 Å². The van der Waals surface area contributed by atoms with E-state index in [4.69, 9.17) is 11.6 Å². The number of fused-ring (bicyclic) bond motifs is 2. The molecule has 1 fully saturated rings. The maximum Gasteiger partial charge on any atom is 0.308 e. The smallest absolute Gasteiger partial charge is 0.308 e. The number of carbonyl (C=O) groups excluding carboxylic acids is 3. The summed E-state index contributed by atoms with van der Waals surface area (Å²) in [6.07, 6.45) is 0. The zero-order chi connectivity index (χ0) is 28.1. The van der Waals surface area contributed by atoms with Gasteiger partial charge in [-0.2, -0.15) is 0 Å². The van der Waals surface area contributed by atoms with Gasteiger partial charge in [-0.1, -0.05) is 80.5 Å². The van der Waals surface area contributed by atoms with Crippen molar-refractivity contribution in [1.29, 1.82) is 0 Å². The average molecular weight is 655 g/mol. The number of carbonyl (C=O) groups is 3. The SMILES string of the molecule is Cc1ccc(N2C(=O)C3Sc4c(sc(=O)n4CC(=O)Nc4ccc(Cl)cc4)[C@H](c4ccc(Br)cc4)C3C2=O)cc1. The first-order valence-electron chi connectivity index (χ1n) is 12.4. The average Bonchev–Trinajstić information content (AvgIpc) is 3.37. The normalized spacial score (nSPS) is 19.9. The lowest BCUT2D eigenvalue weighted by Gasteiger charge is -2.30. The summed E-state index contributed by atoms with van der Waals surface area (Å²) in [6.45, 7) is 1.71. The first-order chi connectivity index (χ1) is 19.2. The second-order valence-electron chi connectivity index (χ2n) is 9.62. The molecule has 0 aliphatic carbocycles. The first kappa shape index (κ1) is 27.0. The zero-order valence-corrected chi connectivity index (χ0v) is 24.9. The maximum atomic E-state index is 13.9. The van der Waals surface area contributed by atoms with Gasteiger partial charge in [-0.3, -0.25) is 23.7 Å². The Labute approximate surface area is 251 Å². The van der Waals surface area contributed by atoms with Crippen molar-refractivity contribution in [2.45, 2.75) is 29.7 Å². The molecule has 0 radical (unpaired) electrons. The van der Waals surface area contributed by atoms with Gasteiger partial charge in [-0.25, -0.2) is 4.90 Å². The summed E-state index contributed by atoms with van der Waals surface area (Å²) in [4.78, 5) is 55.6. The van der Waals surface area contributed by atoms with Gasteiger partial charge in [-0.15, -0.1) is 0 Å². The van der Waals surface area contributed by atoms with Crippen molar-refractivity contribution in [3.05, 3.63) is 108 Å². The van der Waals surface area contributed by atoms with Crippen molar-refractivity contribution < 1.29 is 14.4 Å². The molecule has 1 N–H and O–H groups in total. The van der Waals surface area contributed by atoms with E-state index in [1.54, 1.807) is 36.4 Å². The maximum absolute atomic E-state index is 13.9. The Hall–Kier alpha value is -3.18. The highest BCUT2D eigenvalue weighted by Crippen LogP contribution is 2.54. The molecular weight excluding hydrogens is 634 g/mol. The highest BCUT2D eigenvalue weighted by atomic mass is 79.9. The van der Waals surface area contributed by atoms with Gasteiger partial charge < -0.3 is 5.32 Å². The molecule has 202 valence electrons. The number of nitrogens with zero attached hydrogens (tertiary/aromatic N) is 2. The van der Waals surface area contributed by atoms with Crippen LogP contribution in [0.4, 0.5) is 11.4 Å². The third-order valence-electron chi connectivity index (χ3n) is 7.00. The minimum absolute atomic E-state index is 0.228. The van der Waals surface area contributed by atoms with Gasteiger partial charge in [0.05, 0.1) is 16.6 Å². The summed E-state index contributed by atoms with van der Waals surface area (Å²) in [5, 5.41) is 3.14. The Bertz CT molecular complexity index is 1700. The minimum Gasteiger partial charge on any atom is -0.325 e. The lowest BCUT2D eigenvalue weighted by atomic mass is 9.83. The number of hydrogen-bond acceptors (Lipinski definition) is 6. The lowest BCUT2D eigenvalue weighted by Crippen LogP contribution is -2.33. The van der Waals surface area contributed by atoms with E-state index in [-0.39, 0.29) is 29.1 Å². The number of aromatic nitrogens is 1. The molecule has 2 aliphatic rings. The van der Waals surface area contributed by atoms with Crippen LogP contribution in [0.2, 0.25) is 5.02 Å². The van der Waals surface area contributed by atoms with Crippen LogP contribution in [-0.2, 0) is 20.9 Å². The molecule has 1 saturated heterocycles. The number of nitrogens with one attached hydrogen (secondary N) is 1. The van der Waals surface area contributed by atoms with Crippen molar-refractivity contribution in [2.75, 3.05) is 10.2 Å². The Morgan fingerprint density at radius 1 is 0.950 bits per heavy atom. The number of thioether (sulfide) groups is 1. The zero-order valence-electron chi connectivity index (χ0n) is 21.0. The fraction of sp³-hybridized carbons (Fsp3) is 0.172. The number of hydrogen-bond donors (Lipinski definition) is 1. The number of halogens is 2. The van der Waals surface area contributed by atoms with E-state index < -0.39 is 17.1 Å². The van der Waals surface area contributed by atoms with Crippen LogP contribution in [0.3, 0.4) is 0 Å². The van der Waals surface area contributed by atoms with E-state index >= 15 is 0 Å². The second-order valence-corrected chi connectivity index (χ2v) is 13.1. The van der Waals surface area contributed by atoms with E-state index in [1.165, 1.54) is 21.2 Å². The molecule has 3 aromatic carbocycles. The predicted octanol–water partition coefficient (Wildman–Crippen LogP) is 6.07. The Balaban J connectivity index is 1.40. The van der Waals surface area contributed by atoms with Crippen molar-refractivity contribution in [3.8, 4) is 0 Å². The molecule has 7 nitrogen and oxygen atoms in total. The number of aryl methyl sites for hydroxylation is 1. The summed E-state index contributed by atoms with van der Waals surface area (Å²) in [7, 11) is 0. The number of benzene rings is 3. The number of anilines is 2. The quantitative estimate of drug-likeness (QED) is 0.264. The summed E-state index contributed by atoms with van der Waals surface area (Å²) in [6, 6.07) is 21.5. The molecule has 3 amide bonds. The van der Waals surface area contributed by atoms with Crippen molar-refractivity contribution >= 4 is 79.7 Å². The third-order valence-corrected chi connectivity index (χ3v) is 10.4. The Kier molecular flexibility index (Phi) is 7.20. The van der Waals surface area contributed by atoms with Gasteiger partial charge in [0.25, 0.3) is 0 Å². The Morgan fingerprint density at radius 2 is 1.62 bits per heavy atom. The molecule has 6 rings (SSSR count). The van der Waals surface area contributed by atoms with Crippen molar-refractivity contribution in [2.24, 2.45) is 5.92 Å². The van der Waals surface area contributed by atoms with Gasteiger partial charge in [0, 0.05) is 26.0 Å². The van der Waals surface area contributed by atoms with Crippen LogP contribution in [0.1, 0.15) is 21.9 Å². The molecule has 3 heterocycles. The highest BCUT2D eigenvalue weighted by molar-refractivity contribution is 9.10. The molecular formula is C29H21BrClN3O4S2. The summed E-state index contributed by atoms with van der Waals surface area (Å²) >= 11 is 11.6. The van der Waals surface area contributed by atoms with E-state index in [0.717, 1.165) is 26.9 Å². The molecule has 3 atom stereocenters. The molecule has 11 heteroatoms. The molecule has 0 spiro atoms. The lowest BCUT2D eigenvalue weighted by molar-refractivity contribution is -0.122. The van der Waals surface area contributed by atoms with Gasteiger partial charge in [0.1, 0.15) is 11.8 Å². The fourth-order valence-electron chi connectivity index (χ4n) is 5.11. The molecule has 40 heavy (non-hydrogen) atoms. The topological polar surface area (TPSA) is 88.5 Å². The summed E-state index contributed by atoms with van der Waals surface area (Å²) in [5.41, 5.74) is 2.92. The number of amides is 3. The minimum atomic E-state index is -0.741.